The highest BCUT2D eigenvalue weighted by Crippen LogP contribution is 2.18. The molecule has 6 nitrogen and oxygen atoms in total. The number of aryl methyl sites for hydroxylation is 1. The second-order valence-electron chi connectivity index (χ2n) is 6.54. The van der Waals surface area contributed by atoms with Crippen LogP contribution in [0, 0.1) is 0 Å². The van der Waals surface area contributed by atoms with E-state index in [9.17, 15) is 4.79 Å². The quantitative estimate of drug-likeness (QED) is 0.692. The highest BCUT2D eigenvalue weighted by atomic mass is 32.2. The highest BCUT2D eigenvalue weighted by molar-refractivity contribution is 7.99. The number of carbonyl (C=O) groups excluding carboxylic acids is 1. The van der Waals surface area contributed by atoms with E-state index in [1.54, 1.807) is 0 Å². The van der Waals surface area contributed by atoms with Crippen LogP contribution in [0.2, 0.25) is 0 Å². The van der Waals surface area contributed by atoms with Gasteiger partial charge in [-0.15, -0.1) is 5.10 Å². The molecule has 3 rings (SSSR count). The minimum atomic E-state index is 0.0560. The number of benzene rings is 1. The Hall–Kier alpha value is -2.02. The van der Waals surface area contributed by atoms with Crippen LogP contribution >= 0.6 is 11.8 Å². The number of amides is 1. The summed E-state index contributed by atoms with van der Waals surface area (Å²) >= 11 is 1.34. The third-order valence-corrected chi connectivity index (χ3v) is 5.37. The molecule has 2 N–H and O–H groups in total. The third-order valence-electron chi connectivity index (χ3n) is 4.52. The lowest BCUT2D eigenvalue weighted by molar-refractivity contribution is -0.119. The summed E-state index contributed by atoms with van der Waals surface area (Å²) in [7, 11) is 0. The lowest BCUT2D eigenvalue weighted by Gasteiger charge is -2.22. The van der Waals surface area contributed by atoms with E-state index in [1.807, 2.05) is 12.1 Å². The molecule has 0 unspecified atom stereocenters. The van der Waals surface area contributed by atoms with Crippen LogP contribution in [-0.4, -0.2) is 32.9 Å². The summed E-state index contributed by atoms with van der Waals surface area (Å²) < 4.78 is 5.71. The Morgan fingerprint density at radius 3 is 2.77 bits per heavy atom. The predicted molar refractivity (Wildman–Crippen MR) is 102 cm³/mol. The summed E-state index contributed by atoms with van der Waals surface area (Å²) in [5.41, 5.74) is 1.28. The fraction of sp³-hybridized carbons (Fsp3) is 0.526. The topological polar surface area (TPSA) is 79.9 Å². The number of nitrogens with one attached hydrogen (secondary N) is 2. The van der Waals surface area contributed by atoms with Gasteiger partial charge in [-0.3, -0.25) is 9.89 Å². The van der Waals surface area contributed by atoms with E-state index in [0.29, 0.717) is 29.4 Å². The van der Waals surface area contributed by atoms with Crippen molar-refractivity contribution in [3.8, 4) is 5.75 Å². The van der Waals surface area contributed by atoms with Crippen molar-refractivity contribution in [1.82, 2.24) is 20.5 Å². The molecule has 1 aliphatic rings. The first-order valence-corrected chi connectivity index (χ1v) is 10.3. The van der Waals surface area contributed by atoms with Crippen LogP contribution in [-0.2, 0) is 17.8 Å². The van der Waals surface area contributed by atoms with Crippen molar-refractivity contribution in [2.45, 2.75) is 63.3 Å². The van der Waals surface area contributed by atoms with Crippen LogP contribution in [0.1, 0.15) is 50.4 Å². The van der Waals surface area contributed by atoms with Crippen LogP contribution < -0.4 is 10.1 Å². The fourth-order valence-corrected chi connectivity index (χ4v) is 3.65. The second-order valence-corrected chi connectivity index (χ2v) is 7.48. The molecule has 1 aliphatic carbocycles. The maximum atomic E-state index is 12.0. The molecule has 26 heavy (non-hydrogen) atoms. The van der Waals surface area contributed by atoms with Gasteiger partial charge in [-0.2, -0.15) is 0 Å². The van der Waals surface area contributed by atoms with E-state index < -0.39 is 0 Å². The molecular weight excluding hydrogens is 348 g/mol. The molecule has 1 amide bonds. The Labute approximate surface area is 158 Å². The molecule has 0 bridgehead atoms. The molecule has 1 heterocycles. The molecule has 1 fully saturated rings. The van der Waals surface area contributed by atoms with Gasteiger partial charge in [0.15, 0.2) is 5.82 Å². The summed E-state index contributed by atoms with van der Waals surface area (Å²) in [4.78, 5) is 16.4. The normalized spacial score (nSPS) is 15.0. The largest absolute Gasteiger partial charge is 0.486 e. The number of hydrogen-bond acceptors (Lipinski definition) is 5. The number of aromatic amines is 1. The number of ether oxygens (including phenoxy) is 1. The first-order valence-electron chi connectivity index (χ1n) is 9.28. The monoisotopic (exact) mass is 374 g/mol. The van der Waals surface area contributed by atoms with Gasteiger partial charge in [0.25, 0.3) is 0 Å². The summed E-state index contributed by atoms with van der Waals surface area (Å²) in [6.07, 6.45) is 6.91. The standard InChI is InChI=1S/C19H26N4O2S/c1-2-14-8-10-16(11-9-14)25-12-17-21-19(23-22-17)26-13-18(24)20-15-6-4-3-5-7-15/h8-11,15H,2-7,12-13H2,1H3,(H,20,24)(H,21,22,23). The number of H-pyrrole nitrogens is 1. The van der Waals surface area contributed by atoms with Crippen LogP contribution in [0.15, 0.2) is 29.4 Å². The number of rotatable bonds is 8. The number of carbonyl (C=O) groups is 1. The lowest BCUT2D eigenvalue weighted by atomic mass is 9.95. The third kappa shape index (κ3) is 5.76. The van der Waals surface area contributed by atoms with Crippen molar-refractivity contribution >= 4 is 17.7 Å². The summed E-state index contributed by atoms with van der Waals surface area (Å²) in [5.74, 6) is 1.85. The molecule has 1 aromatic carbocycles. The maximum Gasteiger partial charge on any atom is 0.230 e. The molecular formula is C19H26N4O2S. The van der Waals surface area contributed by atoms with Gasteiger partial charge in [-0.05, 0) is 37.0 Å². The van der Waals surface area contributed by atoms with Crippen molar-refractivity contribution in [2.75, 3.05) is 5.75 Å². The average molecular weight is 375 g/mol. The summed E-state index contributed by atoms with van der Waals surface area (Å²) in [5, 5.41) is 10.7. The van der Waals surface area contributed by atoms with Gasteiger partial charge in [0.05, 0.1) is 5.75 Å². The molecule has 0 atom stereocenters. The SMILES string of the molecule is CCc1ccc(OCc2nc(SCC(=O)NC3CCCCC3)n[nH]2)cc1. The van der Waals surface area contributed by atoms with E-state index in [2.05, 4.69) is 39.6 Å². The zero-order valence-corrected chi connectivity index (χ0v) is 16.0. The fourth-order valence-electron chi connectivity index (χ4n) is 3.03. The Balaban J connectivity index is 1.40. The van der Waals surface area contributed by atoms with E-state index in [0.717, 1.165) is 25.0 Å². The highest BCUT2D eigenvalue weighted by Gasteiger charge is 2.16. The minimum absolute atomic E-state index is 0.0560. The van der Waals surface area contributed by atoms with Gasteiger partial charge < -0.3 is 10.1 Å². The van der Waals surface area contributed by atoms with E-state index >= 15 is 0 Å². The van der Waals surface area contributed by atoms with E-state index in [4.69, 9.17) is 4.74 Å². The molecule has 0 radical (unpaired) electrons. The van der Waals surface area contributed by atoms with Crippen molar-refractivity contribution in [3.05, 3.63) is 35.7 Å². The van der Waals surface area contributed by atoms with Crippen molar-refractivity contribution in [1.29, 1.82) is 0 Å². The predicted octanol–water partition coefficient (Wildman–Crippen LogP) is 3.49. The first-order chi connectivity index (χ1) is 12.7. The Morgan fingerprint density at radius 2 is 2.04 bits per heavy atom. The van der Waals surface area contributed by atoms with Crippen LogP contribution in [0.3, 0.4) is 0 Å². The molecule has 0 aliphatic heterocycles. The molecule has 140 valence electrons. The summed E-state index contributed by atoms with van der Waals surface area (Å²) in [6, 6.07) is 8.37. The Kier molecular flexibility index (Phi) is 6.94. The van der Waals surface area contributed by atoms with Crippen LogP contribution in [0.4, 0.5) is 0 Å². The average Bonchev–Trinajstić information content (AvgIpc) is 3.14. The Bertz CT molecular complexity index is 696. The van der Waals surface area contributed by atoms with Crippen molar-refractivity contribution in [3.63, 3.8) is 0 Å². The smallest absolute Gasteiger partial charge is 0.230 e. The van der Waals surface area contributed by atoms with Crippen molar-refractivity contribution in [2.24, 2.45) is 0 Å². The van der Waals surface area contributed by atoms with Crippen LogP contribution in [0.5, 0.6) is 5.75 Å². The molecule has 1 saturated carbocycles. The van der Waals surface area contributed by atoms with E-state index in [1.165, 1.54) is 36.6 Å². The van der Waals surface area contributed by atoms with Crippen LogP contribution in [0.25, 0.3) is 0 Å². The number of thioether (sulfide) groups is 1. The number of nitrogens with zero attached hydrogens (tertiary/aromatic N) is 2. The second kappa shape index (κ2) is 9.62. The van der Waals surface area contributed by atoms with Gasteiger partial charge in [-0.1, -0.05) is 50.1 Å². The zero-order chi connectivity index (χ0) is 18.2. The van der Waals surface area contributed by atoms with Gasteiger partial charge in [-0.25, -0.2) is 4.98 Å². The molecule has 0 spiro atoms. The minimum Gasteiger partial charge on any atom is -0.486 e. The zero-order valence-electron chi connectivity index (χ0n) is 15.2. The van der Waals surface area contributed by atoms with Gasteiger partial charge >= 0.3 is 0 Å². The molecule has 0 saturated heterocycles. The van der Waals surface area contributed by atoms with E-state index in [-0.39, 0.29) is 5.91 Å². The molecule has 7 heteroatoms. The van der Waals surface area contributed by atoms with Gasteiger partial charge in [0, 0.05) is 6.04 Å². The van der Waals surface area contributed by atoms with Gasteiger partial charge in [0.1, 0.15) is 12.4 Å². The number of aromatic nitrogens is 3. The Morgan fingerprint density at radius 1 is 1.27 bits per heavy atom. The van der Waals surface area contributed by atoms with Crippen molar-refractivity contribution < 1.29 is 9.53 Å². The molecule has 2 aromatic rings. The summed E-state index contributed by atoms with van der Waals surface area (Å²) in [6.45, 7) is 2.45. The van der Waals surface area contributed by atoms with Gasteiger partial charge in [0.2, 0.25) is 11.1 Å². The maximum absolute atomic E-state index is 12.0. The molecule has 1 aromatic heterocycles. The number of hydrogen-bond donors (Lipinski definition) is 2. The lowest BCUT2D eigenvalue weighted by Crippen LogP contribution is -2.37. The first kappa shape index (κ1) is 18.8.